The van der Waals surface area contributed by atoms with Crippen LogP contribution in [-0.2, 0) is 33.3 Å². The van der Waals surface area contributed by atoms with Crippen LogP contribution in [-0.4, -0.2) is 87.4 Å². The lowest BCUT2D eigenvalue weighted by Gasteiger charge is -2.25. The van der Waals surface area contributed by atoms with E-state index in [2.05, 4.69) is 86.8 Å². The fourth-order valence-corrected chi connectivity index (χ4v) is 11.4. The van der Waals surface area contributed by atoms with Gasteiger partial charge in [0.1, 0.15) is 13.2 Å². The molecule has 0 aromatic carbocycles. The first-order valence-corrected chi connectivity index (χ1v) is 38.6. The molecule has 2 unspecified atom stereocenters. The summed E-state index contributed by atoms with van der Waals surface area (Å²) in [6, 6.07) is 0. The molecule has 0 radical (unpaired) electrons. The average Bonchev–Trinajstić information content (AvgIpc) is 3.63. The highest BCUT2D eigenvalue weighted by Gasteiger charge is 2.25. The van der Waals surface area contributed by atoms with Crippen LogP contribution < -0.4 is 0 Å². The lowest BCUT2D eigenvalue weighted by Crippen LogP contribution is -2.40. The van der Waals surface area contributed by atoms with Gasteiger partial charge in [-0.3, -0.25) is 9.59 Å². The van der Waals surface area contributed by atoms with Gasteiger partial charge in [-0.15, -0.1) is 0 Å². The van der Waals surface area contributed by atoms with Gasteiger partial charge in [0.25, 0.3) is 6.29 Å². The predicted molar refractivity (Wildman–Crippen MR) is 387 cm³/mol. The Bertz CT molecular complexity index is 1710. The Labute approximate surface area is 557 Å². The minimum Gasteiger partial charge on any atom is -0.477 e. The first kappa shape index (κ1) is 86.7. The zero-order valence-electron chi connectivity index (χ0n) is 60.1. The molecule has 524 valence electrons. The third-order valence-electron chi connectivity index (χ3n) is 17.2. The van der Waals surface area contributed by atoms with E-state index in [1.807, 2.05) is 21.1 Å². The van der Waals surface area contributed by atoms with Crippen LogP contribution in [0, 0.1) is 0 Å². The van der Waals surface area contributed by atoms with Crippen molar-refractivity contribution in [2.24, 2.45) is 0 Å². The van der Waals surface area contributed by atoms with Crippen LogP contribution >= 0.6 is 0 Å². The summed E-state index contributed by atoms with van der Waals surface area (Å²) in [5, 5.41) is 9.77. The summed E-state index contributed by atoms with van der Waals surface area (Å²) in [6.07, 6.45) is 93.3. The molecule has 90 heavy (non-hydrogen) atoms. The van der Waals surface area contributed by atoms with Crippen LogP contribution in [0.4, 0.5) is 0 Å². The minimum atomic E-state index is -1.51. The molecule has 0 spiro atoms. The molecular weight excluding hydrogens is 1110 g/mol. The second-order valence-corrected chi connectivity index (χ2v) is 27.3. The molecule has 1 N–H and O–H groups in total. The normalized spacial score (nSPS) is 13.0. The van der Waals surface area contributed by atoms with Crippen molar-refractivity contribution in [3.63, 3.8) is 0 Å². The fraction of sp³-hybridized carbons (Fsp3) is 0.815. The molecule has 0 bridgehead atoms. The second-order valence-electron chi connectivity index (χ2n) is 27.3. The van der Waals surface area contributed by atoms with E-state index in [0.29, 0.717) is 17.4 Å². The maximum atomic E-state index is 13.0. The lowest BCUT2D eigenvalue weighted by molar-refractivity contribution is -0.870. The average molecular weight is 1260 g/mol. The standard InChI is InChI=1S/C81H147NO8/c1-6-8-10-12-14-16-18-20-22-24-26-28-30-32-34-36-38-39-40-42-43-45-47-49-51-53-55-57-59-61-63-65-67-69-71-78(83)88-75-77(76-89-81(80(85)86)87-74-73-82(3,4)5)90-79(84)72-70-68-66-64-62-60-58-56-54-52-50-48-46-44-41-37-35-33-31-29-27-25-23-21-19-17-15-13-11-9-7-2/h9,11,15,17,21,23,27,29,33,35,41,44,77,81H,6-8,10,12-14,16,18-20,22,24-26,28,30-32,34,36-40,42-43,45-76H2,1-5H3/p+1/b11-9-,17-15-,23-21-,29-27-,35-33-,44-41-. The Morgan fingerprint density at radius 1 is 0.344 bits per heavy atom. The van der Waals surface area contributed by atoms with Gasteiger partial charge in [0.2, 0.25) is 0 Å². The molecule has 0 amide bonds. The summed E-state index contributed by atoms with van der Waals surface area (Å²) in [4.78, 5) is 37.7. The highest BCUT2D eigenvalue weighted by molar-refractivity contribution is 5.71. The van der Waals surface area contributed by atoms with Gasteiger partial charge in [-0.25, -0.2) is 4.79 Å². The van der Waals surface area contributed by atoms with Crippen molar-refractivity contribution in [3.8, 4) is 0 Å². The summed E-state index contributed by atoms with van der Waals surface area (Å²) in [5.74, 6) is -1.99. The van der Waals surface area contributed by atoms with Crippen molar-refractivity contribution in [2.75, 3.05) is 47.5 Å². The lowest BCUT2D eigenvalue weighted by atomic mass is 10.0. The Balaban J connectivity index is 4.03. The molecule has 0 aromatic heterocycles. The monoisotopic (exact) mass is 1260 g/mol. The van der Waals surface area contributed by atoms with Crippen LogP contribution in [0.5, 0.6) is 0 Å². The molecule has 9 heteroatoms. The number of carboxylic acids is 1. The fourth-order valence-electron chi connectivity index (χ4n) is 11.4. The first-order valence-electron chi connectivity index (χ1n) is 38.6. The molecule has 0 fully saturated rings. The van der Waals surface area contributed by atoms with Gasteiger partial charge < -0.3 is 28.5 Å². The van der Waals surface area contributed by atoms with Crippen LogP contribution in [0.25, 0.3) is 0 Å². The Morgan fingerprint density at radius 3 is 0.944 bits per heavy atom. The summed E-state index contributed by atoms with van der Waals surface area (Å²) in [5.41, 5.74) is 0. The van der Waals surface area contributed by atoms with Gasteiger partial charge in [-0.1, -0.05) is 363 Å². The van der Waals surface area contributed by atoms with E-state index in [0.717, 1.165) is 83.5 Å². The zero-order valence-corrected chi connectivity index (χ0v) is 60.1. The van der Waals surface area contributed by atoms with E-state index in [1.165, 1.54) is 257 Å². The number of rotatable bonds is 72. The molecule has 0 heterocycles. The largest absolute Gasteiger partial charge is 0.477 e. The van der Waals surface area contributed by atoms with E-state index >= 15 is 0 Å². The molecule has 0 saturated heterocycles. The third kappa shape index (κ3) is 72.2. The van der Waals surface area contributed by atoms with Crippen molar-refractivity contribution in [1.29, 1.82) is 0 Å². The van der Waals surface area contributed by atoms with Gasteiger partial charge in [0.05, 0.1) is 34.4 Å². The first-order chi connectivity index (χ1) is 44.1. The van der Waals surface area contributed by atoms with Gasteiger partial charge in [0.15, 0.2) is 6.10 Å². The van der Waals surface area contributed by atoms with Gasteiger partial charge in [-0.05, 0) is 64.2 Å². The molecule has 0 rings (SSSR count). The topological polar surface area (TPSA) is 108 Å². The number of hydrogen-bond donors (Lipinski definition) is 1. The Morgan fingerprint density at radius 2 is 0.633 bits per heavy atom. The van der Waals surface area contributed by atoms with E-state index < -0.39 is 24.3 Å². The SMILES string of the molecule is CC/C=C\C/C=C\C/C=C\C/C=C\C/C=C\C/C=C\CCCCCCCCCCCCCCC(=O)OC(COC(=O)CCCCCCCCCCCCCCCCCCCCCCCCCCCCCCCCCCCC)COC(OCC[N+](C)(C)C)C(=O)O. The van der Waals surface area contributed by atoms with Crippen molar-refractivity contribution in [3.05, 3.63) is 72.9 Å². The number of quaternary nitrogens is 1. The number of carbonyl (C=O) groups excluding carboxylic acids is 2. The number of nitrogens with zero attached hydrogens (tertiary/aromatic N) is 1. The van der Waals surface area contributed by atoms with Gasteiger partial charge in [0, 0.05) is 12.8 Å². The van der Waals surface area contributed by atoms with E-state index in [9.17, 15) is 19.5 Å². The summed E-state index contributed by atoms with van der Waals surface area (Å²) in [6.45, 7) is 4.82. The summed E-state index contributed by atoms with van der Waals surface area (Å²) < 4.78 is 23.0. The number of esters is 2. The smallest absolute Gasteiger partial charge is 0.361 e. The number of allylic oxidation sites excluding steroid dienone is 12. The van der Waals surface area contributed by atoms with Crippen molar-refractivity contribution in [2.45, 2.75) is 379 Å². The number of carboxylic acid groups (broad SMARTS) is 1. The number of ether oxygens (including phenoxy) is 4. The van der Waals surface area contributed by atoms with Gasteiger partial charge >= 0.3 is 17.9 Å². The van der Waals surface area contributed by atoms with E-state index in [-0.39, 0.29) is 32.2 Å². The Kier molecular flexibility index (Phi) is 69.0. The molecular formula is C81H148NO8+. The van der Waals surface area contributed by atoms with Crippen LogP contribution in [0.15, 0.2) is 72.9 Å². The predicted octanol–water partition coefficient (Wildman–Crippen LogP) is 24.4. The zero-order chi connectivity index (χ0) is 65.4. The summed E-state index contributed by atoms with van der Waals surface area (Å²) >= 11 is 0. The second kappa shape index (κ2) is 71.6. The number of carbonyl (C=O) groups is 3. The minimum absolute atomic E-state index is 0.181. The van der Waals surface area contributed by atoms with Crippen LogP contribution in [0.1, 0.15) is 367 Å². The number of unbranched alkanes of at least 4 members (excludes halogenated alkanes) is 45. The molecule has 0 aliphatic heterocycles. The van der Waals surface area contributed by atoms with Crippen molar-refractivity contribution in [1.82, 2.24) is 0 Å². The number of hydrogen-bond acceptors (Lipinski definition) is 7. The van der Waals surface area contributed by atoms with Crippen molar-refractivity contribution < 1.29 is 42.9 Å². The maximum Gasteiger partial charge on any atom is 0.361 e. The molecule has 9 nitrogen and oxygen atoms in total. The Hall–Kier alpha value is -3.27. The third-order valence-corrected chi connectivity index (χ3v) is 17.2. The van der Waals surface area contributed by atoms with Crippen LogP contribution in [0.2, 0.25) is 0 Å². The molecule has 0 saturated carbocycles. The van der Waals surface area contributed by atoms with Crippen molar-refractivity contribution >= 4 is 17.9 Å². The van der Waals surface area contributed by atoms with E-state index in [1.54, 1.807) is 0 Å². The number of aliphatic carboxylic acids is 1. The quantitative estimate of drug-likeness (QED) is 0.0211. The van der Waals surface area contributed by atoms with Crippen LogP contribution in [0.3, 0.4) is 0 Å². The molecule has 0 aromatic rings. The maximum absolute atomic E-state index is 13.0. The molecule has 2 atom stereocenters. The van der Waals surface area contributed by atoms with Gasteiger partial charge in [-0.2, -0.15) is 0 Å². The molecule has 0 aliphatic carbocycles. The number of likely N-dealkylation sites (N-methyl/N-ethyl adjacent to an activating group) is 1. The highest BCUT2D eigenvalue weighted by Crippen LogP contribution is 2.19. The molecule has 0 aliphatic rings. The highest BCUT2D eigenvalue weighted by atomic mass is 16.7. The van der Waals surface area contributed by atoms with E-state index in [4.69, 9.17) is 18.9 Å². The summed E-state index contributed by atoms with van der Waals surface area (Å²) in [7, 11) is 5.99.